The minimum Gasteiger partial charge on any atom is -0.366 e. The molecule has 6 heteroatoms. The molecule has 4 rings (SSSR count). The summed E-state index contributed by atoms with van der Waals surface area (Å²) in [6.07, 6.45) is 4.05. The molecule has 1 aliphatic heterocycles. The number of hydrogen-bond acceptors (Lipinski definition) is 4. The number of aromatic nitrogens is 2. The summed E-state index contributed by atoms with van der Waals surface area (Å²) in [4.78, 5) is 8.13. The summed E-state index contributed by atoms with van der Waals surface area (Å²) in [7, 11) is 0. The van der Waals surface area contributed by atoms with E-state index in [-0.39, 0.29) is 0 Å². The number of fused-ring (bicyclic) bond motifs is 1. The van der Waals surface area contributed by atoms with Crippen LogP contribution in [0.4, 0.5) is 5.69 Å². The molecular weight excluding hydrogens is 328 g/mol. The first-order valence-electron chi connectivity index (χ1n) is 7.67. The molecule has 118 valence electrons. The lowest BCUT2D eigenvalue weighted by molar-refractivity contribution is 0.590. The summed E-state index contributed by atoms with van der Waals surface area (Å²) in [6, 6.07) is 12.0. The second-order valence-corrected chi connectivity index (χ2v) is 6.98. The van der Waals surface area contributed by atoms with Crippen molar-refractivity contribution in [1.82, 2.24) is 14.3 Å². The van der Waals surface area contributed by atoms with Crippen LogP contribution >= 0.6 is 23.5 Å². The molecule has 1 aromatic carbocycles. The molecule has 3 aromatic rings. The van der Waals surface area contributed by atoms with Crippen molar-refractivity contribution in [2.24, 2.45) is 0 Å². The molecular formula is C17H17ClN4S. The Bertz CT molecular complexity index is 826. The molecule has 1 saturated heterocycles. The highest BCUT2D eigenvalue weighted by Gasteiger charge is 2.18. The van der Waals surface area contributed by atoms with Gasteiger partial charge in [0.05, 0.1) is 11.2 Å². The summed E-state index contributed by atoms with van der Waals surface area (Å²) < 4.78 is 2.19. The molecule has 2 aromatic heterocycles. The minimum absolute atomic E-state index is 0.756. The maximum absolute atomic E-state index is 6.11. The number of nitrogens with zero attached hydrogens (tertiary/aromatic N) is 3. The summed E-state index contributed by atoms with van der Waals surface area (Å²) in [5.74, 6) is 0. The number of piperazine rings is 1. The van der Waals surface area contributed by atoms with Gasteiger partial charge in [-0.1, -0.05) is 17.7 Å². The monoisotopic (exact) mass is 344 g/mol. The van der Waals surface area contributed by atoms with Gasteiger partial charge in [-0.05, 0) is 42.3 Å². The molecule has 0 atom stereocenters. The number of pyridine rings is 1. The van der Waals surface area contributed by atoms with Gasteiger partial charge in [-0.25, -0.2) is 0 Å². The van der Waals surface area contributed by atoms with Crippen LogP contribution < -0.4 is 10.2 Å². The number of hydrogen-bond donors (Lipinski definition) is 1. The highest BCUT2D eigenvalue weighted by molar-refractivity contribution is 7.98. The van der Waals surface area contributed by atoms with Crippen LogP contribution in [-0.2, 0) is 0 Å². The van der Waals surface area contributed by atoms with Gasteiger partial charge in [0.15, 0.2) is 0 Å². The maximum Gasteiger partial charge on any atom is 0.112 e. The molecule has 0 amide bonds. The lowest BCUT2D eigenvalue weighted by atomic mass is 10.3. The van der Waals surface area contributed by atoms with Gasteiger partial charge in [0.1, 0.15) is 5.52 Å². The predicted molar refractivity (Wildman–Crippen MR) is 97.5 cm³/mol. The predicted octanol–water partition coefficient (Wildman–Crippen LogP) is 3.65. The van der Waals surface area contributed by atoms with Crippen LogP contribution in [0.5, 0.6) is 0 Å². The Labute approximate surface area is 144 Å². The van der Waals surface area contributed by atoms with E-state index < -0.39 is 0 Å². The minimum atomic E-state index is 0.756. The van der Waals surface area contributed by atoms with Gasteiger partial charge in [0.2, 0.25) is 0 Å². The second kappa shape index (κ2) is 6.43. The summed E-state index contributed by atoms with van der Waals surface area (Å²) in [5.41, 5.74) is 3.39. The highest BCUT2D eigenvalue weighted by Crippen LogP contribution is 2.33. The van der Waals surface area contributed by atoms with Gasteiger partial charge in [-0.15, -0.1) is 0 Å². The Balaban J connectivity index is 1.74. The van der Waals surface area contributed by atoms with Crippen LogP contribution in [0.2, 0.25) is 5.02 Å². The first-order valence-corrected chi connectivity index (χ1v) is 8.82. The SMILES string of the molecule is Clc1cccc(Sn2cc(N3CCNCC3)c3ncccc32)c1. The lowest BCUT2D eigenvalue weighted by Gasteiger charge is -2.28. The van der Waals surface area contributed by atoms with Crippen molar-refractivity contribution in [2.45, 2.75) is 4.90 Å². The molecule has 1 N–H and O–H groups in total. The van der Waals surface area contributed by atoms with Crippen molar-refractivity contribution in [3.05, 3.63) is 53.8 Å². The summed E-state index contributed by atoms with van der Waals surface area (Å²) >= 11 is 7.77. The van der Waals surface area contributed by atoms with E-state index in [1.54, 1.807) is 11.9 Å². The van der Waals surface area contributed by atoms with Crippen molar-refractivity contribution < 1.29 is 0 Å². The number of nitrogens with one attached hydrogen (secondary N) is 1. The number of anilines is 1. The van der Waals surface area contributed by atoms with Crippen molar-refractivity contribution in [2.75, 3.05) is 31.1 Å². The Morgan fingerprint density at radius 2 is 2.00 bits per heavy atom. The Hall–Kier alpha value is -1.69. The smallest absolute Gasteiger partial charge is 0.112 e. The largest absolute Gasteiger partial charge is 0.366 e. The molecule has 1 aliphatic rings. The molecule has 0 unspecified atom stereocenters. The molecule has 4 nitrogen and oxygen atoms in total. The zero-order valence-electron chi connectivity index (χ0n) is 12.6. The van der Waals surface area contributed by atoms with E-state index in [2.05, 4.69) is 37.5 Å². The molecule has 0 saturated carbocycles. The van der Waals surface area contributed by atoms with Gasteiger partial charge in [-0.2, -0.15) is 0 Å². The van der Waals surface area contributed by atoms with Gasteiger partial charge < -0.3 is 10.2 Å². The van der Waals surface area contributed by atoms with E-state index in [0.717, 1.165) is 47.1 Å². The number of rotatable bonds is 3. The normalized spacial score (nSPS) is 15.3. The van der Waals surface area contributed by atoms with Crippen LogP contribution in [0.3, 0.4) is 0 Å². The Morgan fingerprint density at radius 3 is 2.83 bits per heavy atom. The molecule has 0 aliphatic carbocycles. The molecule has 23 heavy (non-hydrogen) atoms. The molecule has 3 heterocycles. The fourth-order valence-electron chi connectivity index (χ4n) is 2.86. The van der Waals surface area contributed by atoms with E-state index in [1.807, 2.05) is 30.5 Å². The molecule has 0 bridgehead atoms. The third-order valence-electron chi connectivity index (χ3n) is 3.96. The average molecular weight is 345 g/mol. The van der Waals surface area contributed by atoms with Crippen LogP contribution in [-0.4, -0.2) is 35.1 Å². The van der Waals surface area contributed by atoms with Crippen molar-refractivity contribution >= 4 is 40.3 Å². The Kier molecular flexibility index (Phi) is 4.16. The summed E-state index contributed by atoms with van der Waals surface area (Å²) in [6.45, 7) is 4.05. The zero-order chi connectivity index (χ0) is 15.6. The first kappa shape index (κ1) is 14.9. The van der Waals surface area contributed by atoms with Crippen LogP contribution in [0.1, 0.15) is 0 Å². The fraction of sp³-hybridized carbons (Fsp3) is 0.235. The van der Waals surface area contributed by atoms with E-state index >= 15 is 0 Å². The van der Waals surface area contributed by atoms with Crippen LogP contribution in [0, 0.1) is 0 Å². The molecule has 1 fully saturated rings. The third-order valence-corrected chi connectivity index (χ3v) is 5.16. The zero-order valence-corrected chi connectivity index (χ0v) is 14.1. The third kappa shape index (κ3) is 3.04. The average Bonchev–Trinajstić information content (AvgIpc) is 2.95. The van der Waals surface area contributed by atoms with E-state index in [9.17, 15) is 0 Å². The maximum atomic E-state index is 6.11. The quantitative estimate of drug-likeness (QED) is 0.786. The van der Waals surface area contributed by atoms with E-state index in [4.69, 9.17) is 11.6 Å². The topological polar surface area (TPSA) is 33.1 Å². The second-order valence-electron chi connectivity index (χ2n) is 5.50. The highest BCUT2D eigenvalue weighted by atomic mass is 35.5. The van der Waals surface area contributed by atoms with Gasteiger partial charge in [0.25, 0.3) is 0 Å². The van der Waals surface area contributed by atoms with Gasteiger partial charge in [0, 0.05) is 48.5 Å². The van der Waals surface area contributed by atoms with Crippen LogP contribution in [0.25, 0.3) is 11.0 Å². The molecule has 0 radical (unpaired) electrons. The fourth-order valence-corrected chi connectivity index (χ4v) is 4.06. The Morgan fingerprint density at radius 1 is 1.13 bits per heavy atom. The lowest BCUT2D eigenvalue weighted by Crippen LogP contribution is -2.43. The van der Waals surface area contributed by atoms with E-state index in [0.29, 0.717) is 0 Å². The van der Waals surface area contributed by atoms with Crippen molar-refractivity contribution in [3.8, 4) is 0 Å². The van der Waals surface area contributed by atoms with Crippen molar-refractivity contribution in [3.63, 3.8) is 0 Å². The molecule has 0 spiro atoms. The van der Waals surface area contributed by atoms with E-state index in [1.165, 1.54) is 5.69 Å². The van der Waals surface area contributed by atoms with Gasteiger partial charge >= 0.3 is 0 Å². The summed E-state index contributed by atoms with van der Waals surface area (Å²) in [5, 5.41) is 4.15. The van der Waals surface area contributed by atoms with Crippen LogP contribution in [0.15, 0.2) is 53.7 Å². The number of halogens is 1. The number of benzene rings is 1. The van der Waals surface area contributed by atoms with Gasteiger partial charge in [-0.3, -0.25) is 8.96 Å². The first-order chi connectivity index (χ1) is 11.3. The standard InChI is InChI=1S/C17H17ClN4S/c18-13-3-1-4-14(11-13)23-22-12-16(21-9-7-19-8-10-21)17-15(22)5-2-6-20-17/h1-6,11-12,19H,7-10H2. The van der Waals surface area contributed by atoms with Crippen molar-refractivity contribution in [1.29, 1.82) is 0 Å².